The average Bonchev–Trinajstić information content (AvgIpc) is 2.41. The van der Waals surface area contributed by atoms with Gasteiger partial charge in [0.2, 0.25) is 5.88 Å². The van der Waals surface area contributed by atoms with Crippen molar-refractivity contribution in [3.63, 3.8) is 0 Å². The molecular weight excluding hydrogens is 322 g/mol. The van der Waals surface area contributed by atoms with Gasteiger partial charge in [0.1, 0.15) is 11.3 Å². The summed E-state index contributed by atoms with van der Waals surface area (Å²) >= 11 is 3.19. The summed E-state index contributed by atoms with van der Waals surface area (Å²) in [6.07, 6.45) is 1.50. The molecule has 0 fully saturated rings. The van der Waals surface area contributed by atoms with Crippen LogP contribution in [0, 0.1) is 0 Å². The molecule has 1 aromatic carbocycles. The number of hydrogen-bond acceptors (Lipinski definition) is 3. The molecule has 0 radical (unpaired) electrons. The van der Waals surface area contributed by atoms with E-state index in [-0.39, 0.29) is 11.4 Å². The minimum Gasteiger partial charge on any atom is -0.477 e. The summed E-state index contributed by atoms with van der Waals surface area (Å²) in [4.78, 5) is 15.2. The van der Waals surface area contributed by atoms with Crippen molar-refractivity contribution in [3.05, 3.63) is 52.1 Å². The van der Waals surface area contributed by atoms with E-state index in [0.29, 0.717) is 16.1 Å². The van der Waals surface area contributed by atoms with E-state index in [4.69, 9.17) is 9.84 Å². The number of pyridine rings is 1. The molecule has 0 aliphatic rings. The van der Waals surface area contributed by atoms with E-state index in [2.05, 4.69) is 34.8 Å². The van der Waals surface area contributed by atoms with Crippen LogP contribution in [-0.2, 0) is 0 Å². The first-order valence-electron chi connectivity index (χ1n) is 6.14. The van der Waals surface area contributed by atoms with Gasteiger partial charge in [0.05, 0.1) is 0 Å². The molecule has 0 unspecified atom stereocenters. The molecule has 104 valence electrons. The third-order valence-corrected chi connectivity index (χ3v) is 3.24. The second-order valence-corrected chi connectivity index (χ2v) is 5.55. The first-order valence-corrected chi connectivity index (χ1v) is 6.93. The van der Waals surface area contributed by atoms with Gasteiger partial charge in [0.25, 0.3) is 0 Å². The molecule has 2 rings (SSSR count). The lowest BCUT2D eigenvalue weighted by atomic mass is 10.0. The van der Waals surface area contributed by atoms with Crippen molar-refractivity contribution < 1.29 is 14.6 Å². The molecule has 1 aromatic heterocycles. The van der Waals surface area contributed by atoms with Crippen LogP contribution >= 0.6 is 15.9 Å². The number of benzene rings is 1. The van der Waals surface area contributed by atoms with Crippen molar-refractivity contribution in [1.82, 2.24) is 4.98 Å². The zero-order chi connectivity index (χ0) is 14.7. The van der Waals surface area contributed by atoms with Gasteiger partial charge in [-0.05, 0) is 45.6 Å². The topological polar surface area (TPSA) is 59.4 Å². The second-order valence-electron chi connectivity index (χ2n) is 4.64. The van der Waals surface area contributed by atoms with Crippen LogP contribution in [0.2, 0.25) is 0 Å². The van der Waals surface area contributed by atoms with Gasteiger partial charge in [0.15, 0.2) is 0 Å². The Hall–Kier alpha value is -1.88. The maximum atomic E-state index is 11.2. The Kier molecular flexibility index (Phi) is 4.39. The third kappa shape index (κ3) is 3.36. The van der Waals surface area contributed by atoms with Gasteiger partial charge in [-0.2, -0.15) is 0 Å². The quantitative estimate of drug-likeness (QED) is 0.896. The molecule has 2 aromatic rings. The largest absolute Gasteiger partial charge is 0.477 e. The Morgan fingerprint density at radius 1 is 1.30 bits per heavy atom. The Labute approximate surface area is 125 Å². The molecule has 1 N–H and O–H groups in total. The number of rotatable bonds is 4. The van der Waals surface area contributed by atoms with Crippen LogP contribution in [0.15, 0.2) is 41.0 Å². The normalized spacial score (nSPS) is 10.6. The van der Waals surface area contributed by atoms with E-state index in [1.165, 1.54) is 17.8 Å². The van der Waals surface area contributed by atoms with E-state index >= 15 is 0 Å². The fraction of sp³-hybridized carbons (Fsp3) is 0.200. The van der Waals surface area contributed by atoms with Crippen LogP contribution in [0.25, 0.3) is 0 Å². The number of ether oxygens (including phenoxy) is 1. The molecule has 5 heteroatoms. The van der Waals surface area contributed by atoms with Gasteiger partial charge < -0.3 is 9.84 Å². The van der Waals surface area contributed by atoms with E-state index in [1.807, 2.05) is 24.3 Å². The van der Waals surface area contributed by atoms with Gasteiger partial charge >= 0.3 is 5.97 Å². The van der Waals surface area contributed by atoms with Gasteiger partial charge in [-0.25, -0.2) is 9.78 Å². The summed E-state index contributed by atoms with van der Waals surface area (Å²) in [6, 6.07) is 9.00. The number of carboxylic acids is 1. The van der Waals surface area contributed by atoms with Crippen molar-refractivity contribution in [1.29, 1.82) is 0 Å². The van der Waals surface area contributed by atoms with Crippen LogP contribution in [-0.4, -0.2) is 16.1 Å². The standard InChI is InChI=1S/C15H14BrNO3/c1-9(2)10-3-5-12(6-4-10)20-14-13(15(18)19)7-11(16)8-17-14/h3-9H,1-2H3,(H,18,19). The number of aromatic carboxylic acids is 1. The number of hydrogen-bond donors (Lipinski definition) is 1. The molecule has 1 heterocycles. The van der Waals surface area contributed by atoms with Crippen LogP contribution in [0.5, 0.6) is 11.6 Å². The highest BCUT2D eigenvalue weighted by Crippen LogP contribution is 2.26. The zero-order valence-electron chi connectivity index (χ0n) is 11.1. The van der Waals surface area contributed by atoms with E-state index < -0.39 is 5.97 Å². The van der Waals surface area contributed by atoms with Crippen LogP contribution in [0.4, 0.5) is 0 Å². The lowest BCUT2D eigenvalue weighted by Gasteiger charge is -2.09. The molecule has 0 aliphatic heterocycles. The van der Waals surface area contributed by atoms with Crippen molar-refractivity contribution >= 4 is 21.9 Å². The molecule has 0 saturated heterocycles. The predicted octanol–water partition coefficient (Wildman–Crippen LogP) is 4.46. The Bertz CT molecular complexity index is 624. The first kappa shape index (κ1) is 14.5. The van der Waals surface area contributed by atoms with Gasteiger partial charge in [-0.1, -0.05) is 26.0 Å². The summed E-state index contributed by atoms with van der Waals surface area (Å²) in [6.45, 7) is 4.21. The van der Waals surface area contributed by atoms with Crippen molar-refractivity contribution in [2.75, 3.05) is 0 Å². The Morgan fingerprint density at radius 3 is 2.50 bits per heavy atom. The number of carbonyl (C=O) groups is 1. The maximum Gasteiger partial charge on any atom is 0.341 e. The van der Waals surface area contributed by atoms with Gasteiger partial charge in [-0.3, -0.25) is 0 Å². The Morgan fingerprint density at radius 2 is 1.95 bits per heavy atom. The maximum absolute atomic E-state index is 11.2. The lowest BCUT2D eigenvalue weighted by molar-refractivity contribution is 0.0693. The van der Waals surface area contributed by atoms with Crippen molar-refractivity contribution in [2.24, 2.45) is 0 Å². The summed E-state index contributed by atoms with van der Waals surface area (Å²) in [5.41, 5.74) is 1.21. The highest BCUT2D eigenvalue weighted by atomic mass is 79.9. The van der Waals surface area contributed by atoms with Crippen molar-refractivity contribution in [3.8, 4) is 11.6 Å². The number of carboxylic acid groups (broad SMARTS) is 1. The van der Waals surface area contributed by atoms with Crippen LogP contribution in [0.1, 0.15) is 35.7 Å². The summed E-state index contributed by atoms with van der Waals surface area (Å²) < 4.78 is 6.14. The minimum atomic E-state index is -1.08. The number of halogens is 1. The van der Waals surface area contributed by atoms with E-state index in [1.54, 1.807) is 0 Å². The highest BCUT2D eigenvalue weighted by molar-refractivity contribution is 9.10. The second kappa shape index (κ2) is 6.05. The molecule has 0 spiro atoms. The lowest BCUT2D eigenvalue weighted by Crippen LogP contribution is -2.02. The summed E-state index contributed by atoms with van der Waals surface area (Å²) in [5.74, 6) is 0.00163. The Balaban J connectivity index is 2.28. The van der Waals surface area contributed by atoms with Crippen LogP contribution in [0.3, 0.4) is 0 Å². The molecule has 20 heavy (non-hydrogen) atoms. The monoisotopic (exact) mass is 335 g/mol. The fourth-order valence-corrected chi connectivity index (χ4v) is 2.02. The molecule has 0 bridgehead atoms. The van der Waals surface area contributed by atoms with Crippen LogP contribution < -0.4 is 4.74 Å². The smallest absolute Gasteiger partial charge is 0.341 e. The molecule has 0 saturated carbocycles. The minimum absolute atomic E-state index is 0.0207. The fourth-order valence-electron chi connectivity index (χ4n) is 1.69. The molecule has 0 atom stereocenters. The SMILES string of the molecule is CC(C)c1ccc(Oc2ncc(Br)cc2C(=O)O)cc1. The highest BCUT2D eigenvalue weighted by Gasteiger charge is 2.14. The average molecular weight is 336 g/mol. The number of aromatic nitrogens is 1. The predicted molar refractivity (Wildman–Crippen MR) is 79.5 cm³/mol. The molecule has 0 aliphatic carbocycles. The van der Waals surface area contributed by atoms with E-state index in [9.17, 15) is 4.79 Å². The number of nitrogens with zero attached hydrogens (tertiary/aromatic N) is 1. The molecule has 0 amide bonds. The van der Waals surface area contributed by atoms with Crippen molar-refractivity contribution in [2.45, 2.75) is 19.8 Å². The summed E-state index contributed by atoms with van der Waals surface area (Å²) in [7, 11) is 0. The van der Waals surface area contributed by atoms with E-state index in [0.717, 1.165) is 0 Å². The zero-order valence-corrected chi connectivity index (χ0v) is 12.7. The van der Waals surface area contributed by atoms with Gasteiger partial charge in [-0.15, -0.1) is 0 Å². The molecular formula is C15H14BrNO3. The first-order chi connectivity index (χ1) is 9.47. The summed E-state index contributed by atoms with van der Waals surface area (Å²) in [5, 5.41) is 9.14. The molecule has 4 nitrogen and oxygen atoms in total. The van der Waals surface area contributed by atoms with Gasteiger partial charge in [0, 0.05) is 10.7 Å². The third-order valence-electron chi connectivity index (χ3n) is 2.81.